The predicted octanol–water partition coefficient (Wildman–Crippen LogP) is -1.53. The van der Waals surface area contributed by atoms with E-state index in [-0.39, 0.29) is 19.0 Å². The Kier molecular flexibility index (Phi) is 4.64. The maximum atomic E-state index is 11.9. The molecule has 5 N–H and O–H groups in total. The van der Waals surface area contributed by atoms with Crippen LogP contribution in [0.3, 0.4) is 0 Å². The van der Waals surface area contributed by atoms with Gasteiger partial charge in [0, 0.05) is 12.7 Å². The molecule has 1 aliphatic heterocycles. The Balaban J connectivity index is 2.37. The molecule has 112 valence electrons. The normalized spacial score (nSPS) is 33.5. The smallest absolute Gasteiger partial charge is 0.351 e. The van der Waals surface area contributed by atoms with Gasteiger partial charge in [0.1, 0.15) is 17.5 Å². The van der Waals surface area contributed by atoms with Crippen LogP contribution in [-0.2, 0) is 4.74 Å². The van der Waals surface area contributed by atoms with E-state index in [2.05, 4.69) is 10.3 Å². The topological polar surface area (TPSA) is 123 Å². The maximum absolute atomic E-state index is 11.9. The molecule has 4 atom stereocenters. The Morgan fingerprint density at radius 3 is 2.95 bits per heavy atom. The first-order valence-corrected chi connectivity index (χ1v) is 7.30. The third-order valence-electron chi connectivity index (χ3n) is 3.34. The van der Waals surface area contributed by atoms with Crippen molar-refractivity contribution in [3.63, 3.8) is 0 Å². The number of hydrogen-bond donors (Lipinski definition) is 4. The Labute approximate surface area is 129 Å². The van der Waals surface area contributed by atoms with Gasteiger partial charge in [-0.15, -0.1) is 0 Å². The molecule has 0 unspecified atom stereocenters. The van der Waals surface area contributed by atoms with Crippen LogP contribution in [0.2, 0.25) is 0 Å². The molecular formula is C11H17IN4O4. The van der Waals surface area contributed by atoms with Gasteiger partial charge in [-0.2, -0.15) is 4.98 Å². The number of rotatable bonds is 4. The number of nitrogens with two attached hydrogens (primary N) is 1. The lowest BCUT2D eigenvalue weighted by Gasteiger charge is -2.29. The minimum absolute atomic E-state index is 0.124. The third kappa shape index (κ3) is 2.55. The van der Waals surface area contributed by atoms with Gasteiger partial charge in [-0.1, -0.05) is 22.6 Å². The quantitative estimate of drug-likeness (QED) is 0.360. The van der Waals surface area contributed by atoms with E-state index in [9.17, 15) is 15.0 Å². The predicted molar refractivity (Wildman–Crippen MR) is 80.6 cm³/mol. The molecule has 1 aliphatic rings. The number of aliphatic hydroxyl groups excluding tert-OH is 2. The average Bonchev–Trinajstić information content (AvgIpc) is 2.65. The molecule has 0 amide bonds. The summed E-state index contributed by atoms with van der Waals surface area (Å²) >= 11 is 2.00. The second-order valence-electron chi connectivity index (χ2n) is 4.69. The van der Waals surface area contributed by atoms with E-state index in [1.54, 1.807) is 7.05 Å². The van der Waals surface area contributed by atoms with Gasteiger partial charge >= 0.3 is 5.69 Å². The zero-order valence-corrected chi connectivity index (χ0v) is 13.0. The maximum Gasteiger partial charge on any atom is 0.351 e. The van der Waals surface area contributed by atoms with Crippen LogP contribution in [0.5, 0.6) is 0 Å². The summed E-state index contributed by atoms with van der Waals surface area (Å²) in [4.78, 5) is 15.5. The molecule has 0 aliphatic carbocycles. The molecular weight excluding hydrogens is 379 g/mol. The minimum Gasteiger partial charge on any atom is -0.393 e. The fourth-order valence-electron chi connectivity index (χ4n) is 2.28. The average molecular weight is 396 g/mol. The first-order valence-electron chi connectivity index (χ1n) is 6.05. The number of hydrogen-bond acceptors (Lipinski definition) is 7. The van der Waals surface area contributed by atoms with Crippen LogP contribution < -0.4 is 16.7 Å². The monoisotopic (exact) mass is 396 g/mol. The molecule has 0 saturated carbocycles. The second kappa shape index (κ2) is 5.93. The summed E-state index contributed by atoms with van der Waals surface area (Å²) < 4.78 is 6.64. The summed E-state index contributed by atoms with van der Waals surface area (Å²) in [7, 11) is 1.69. The fraction of sp³-hybridized carbons (Fsp3) is 0.636. The van der Waals surface area contributed by atoms with Crippen LogP contribution in [0.25, 0.3) is 0 Å². The molecule has 1 aromatic rings. The summed E-state index contributed by atoms with van der Waals surface area (Å²) in [6, 6.07) is 1.48. The summed E-state index contributed by atoms with van der Waals surface area (Å²) in [5, 5.41) is 22.8. The van der Waals surface area contributed by atoms with Crippen molar-refractivity contribution in [3.8, 4) is 0 Å². The highest BCUT2D eigenvalue weighted by molar-refractivity contribution is 14.1. The van der Waals surface area contributed by atoms with Crippen LogP contribution in [-0.4, -0.2) is 55.6 Å². The van der Waals surface area contributed by atoms with Gasteiger partial charge in [0.05, 0.1) is 10.5 Å². The first-order chi connectivity index (χ1) is 9.45. The van der Waals surface area contributed by atoms with Crippen molar-refractivity contribution in [2.45, 2.75) is 21.9 Å². The van der Waals surface area contributed by atoms with Crippen molar-refractivity contribution >= 4 is 28.4 Å². The second-order valence-corrected chi connectivity index (χ2v) is 6.13. The zero-order chi connectivity index (χ0) is 14.9. The first kappa shape index (κ1) is 15.6. The molecule has 1 saturated heterocycles. The Bertz CT molecular complexity index is 539. The third-order valence-corrected chi connectivity index (χ3v) is 4.63. The lowest BCUT2D eigenvalue weighted by atomic mass is 9.98. The number of nitrogens with one attached hydrogen (secondary N) is 1. The van der Waals surface area contributed by atoms with Crippen molar-refractivity contribution in [3.05, 3.63) is 22.7 Å². The van der Waals surface area contributed by atoms with Crippen molar-refractivity contribution in [2.75, 3.05) is 25.9 Å². The number of anilines is 1. The van der Waals surface area contributed by atoms with E-state index in [1.165, 1.54) is 16.8 Å². The molecule has 8 nitrogen and oxygen atoms in total. The number of aromatic nitrogens is 2. The molecule has 1 aromatic heterocycles. The number of aliphatic hydroxyl groups is 2. The van der Waals surface area contributed by atoms with Crippen LogP contribution in [0.1, 0.15) is 6.23 Å². The summed E-state index contributed by atoms with van der Waals surface area (Å²) in [6.07, 6.45) is -0.165. The van der Waals surface area contributed by atoms with Gasteiger partial charge < -0.3 is 26.0 Å². The standard InChI is InChI=1S/C11H17IN4O4/c1-14-4-11(5-17)8(18)7(12)9(20-11)16-3-2-6(13)15-10(16)19/h2-3,7-9,14,17-18H,4-5H2,1H3,(H2,13,15,19)/t7-,8+,9-,11-/m1/s1. The van der Waals surface area contributed by atoms with E-state index in [4.69, 9.17) is 10.5 Å². The van der Waals surface area contributed by atoms with Gasteiger partial charge in [-0.3, -0.25) is 4.57 Å². The molecule has 2 heterocycles. The molecule has 0 spiro atoms. The SMILES string of the molecule is CNC[C@]1(CO)O[C@@H](n2ccc(N)nc2=O)[C@H](I)[C@@H]1O. The van der Waals surface area contributed by atoms with Gasteiger partial charge in [-0.25, -0.2) is 4.79 Å². The Hall–Kier alpha value is -0.750. The zero-order valence-electron chi connectivity index (χ0n) is 10.9. The van der Waals surface area contributed by atoms with Gasteiger partial charge in [-0.05, 0) is 13.1 Å². The van der Waals surface area contributed by atoms with Crippen molar-refractivity contribution in [1.82, 2.24) is 14.9 Å². The van der Waals surface area contributed by atoms with Crippen molar-refractivity contribution in [2.24, 2.45) is 0 Å². The molecule has 1 fully saturated rings. The van der Waals surface area contributed by atoms with E-state index in [1.807, 2.05) is 22.6 Å². The molecule has 0 aromatic carbocycles. The minimum atomic E-state index is -1.15. The lowest BCUT2D eigenvalue weighted by Crippen LogP contribution is -2.51. The largest absolute Gasteiger partial charge is 0.393 e. The van der Waals surface area contributed by atoms with Crippen LogP contribution >= 0.6 is 22.6 Å². The van der Waals surface area contributed by atoms with Crippen LogP contribution in [0.4, 0.5) is 5.82 Å². The Morgan fingerprint density at radius 1 is 1.70 bits per heavy atom. The lowest BCUT2D eigenvalue weighted by molar-refractivity contribution is -0.125. The van der Waals surface area contributed by atoms with E-state index in [0.717, 1.165) is 0 Å². The van der Waals surface area contributed by atoms with Crippen LogP contribution in [0.15, 0.2) is 17.1 Å². The number of likely N-dealkylation sites (N-methyl/N-ethyl adjacent to an activating group) is 1. The summed E-state index contributed by atoms with van der Waals surface area (Å²) in [5.74, 6) is 0.124. The summed E-state index contributed by atoms with van der Waals surface area (Å²) in [6.45, 7) is -0.0972. The Morgan fingerprint density at radius 2 is 2.40 bits per heavy atom. The highest BCUT2D eigenvalue weighted by atomic mass is 127. The van der Waals surface area contributed by atoms with Gasteiger partial charge in [0.2, 0.25) is 0 Å². The van der Waals surface area contributed by atoms with Crippen molar-refractivity contribution < 1.29 is 14.9 Å². The highest BCUT2D eigenvalue weighted by Gasteiger charge is 2.54. The van der Waals surface area contributed by atoms with Gasteiger partial charge in [0.15, 0.2) is 6.23 Å². The fourth-order valence-corrected chi connectivity index (χ4v) is 3.43. The number of nitrogen functional groups attached to an aromatic ring is 1. The highest BCUT2D eigenvalue weighted by Crippen LogP contribution is 2.40. The van der Waals surface area contributed by atoms with Crippen LogP contribution in [0, 0.1) is 0 Å². The molecule has 0 radical (unpaired) electrons. The van der Waals surface area contributed by atoms with Crippen molar-refractivity contribution in [1.29, 1.82) is 0 Å². The van der Waals surface area contributed by atoms with E-state index >= 15 is 0 Å². The van der Waals surface area contributed by atoms with Gasteiger partial charge in [0.25, 0.3) is 0 Å². The number of ether oxygens (including phenoxy) is 1. The molecule has 0 bridgehead atoms. The number of nitrogens with zero attached hydrogens (tertiary/aromatic N) is 2. The molecule has 2 rings (SSSR count). The van der Waals surface area contributed by atoms with E-state index < -0.39 is 27.5 Å². The molecule has 9 heteroatoms. The summed E-state index contributed by atoms with van der Waals surface area (Å²) in [5.41, 5.74) is 3.75. The van der Waals surface area contributed by atoms with E-state index in [0.29, 0.717) is 0 Å². The molecule has 20 heavy (non-hydrogen) atoms. The number of halogens is 1. The number of alkyl halides is 1.